The molecule has 0 aliphatic carbocycles. The minimum absolute atomic E-state index is 0. The zero-order valence-electron chi connectivity index (χ0n) is 16.5. The molecule has 27 heavy (non-hydrogen) atoms. The van der Waals surface area contributed by atoms with E-state index in [1.54, 1.807) is 0 Å². The number of aromatic nitrogens is 1. The van der Waals surface area contributed by atoms with Crippen molar-refractivity contribution < 1.29 is 4.79 Å². The summed E-state index contributed by atoms with van der Waals surface area (Å²) in [7, 11) is 0. The summed E-state index contributed by atoms with van der Waals surface area (Å²) in [6.07, 6.45) is 0.988. The van der Waals surface area contributed by atoms with Crippen LogP contribution in [0.5, 0.6) is 0 Å². The number of halogens is 1. The number of nitrogens with one attached hydrogen (secondary N) is 2. The molecule has 1 aromatic heterocycles. The van der Waals surface area contributed by atoms with Crippen molar-refractivity contribution in [3.8, 4) is 5.69 Å². The number of carbonyl (C=O) groups is 1. The third kappa shape index (κ3) is 5.12. The normalized spacial score (nSPS) is 14.6. The van der Waals surface area contributed by atoms with E-state index in [-0.39, 0.29) is 18.3 Å². The number of piperazine rings is 1. The third-order valence-corrected chi connectivity index (χ3v) is 5.18. The largest absolute Gasteiger partial charge is 0.352 e. The summed E-state index contributed by atoms with van der Waals surface area (Å²) in [5.41, 5.74) is 5.20. The SMILES string of the molecule is Cc1ccccc1-n1c(C)cc(C(=O)NCCCN2CCNCC2)c1C.Cl. The number of para-hydroxylation sites is 1. The number of aryl methyl sites for hydroxylation is 2. The Bertz CT molecular complexity index is 766. The van der Waals surface area contributed by atoms with Gasteiger partial charge in [0.2, 0.25) is 0 Å². The van der Waals surface area contributed by atoms with Crippen molar-refractivity contribution in [1.29, 1.82) is 0 Å². The zero-order valence-corrected chi connectivity index (χ0v) is 17.4. The smallest absolute Gasteiger partial charge is 0.253 e. The van der Waals surface area contributed by atoms with Gasteiger partial charge in [0.25, 0.3) is 5.91 Å². The Morgan fingerprint density at radius 2 is 1.85 bits per heavy atom. The number of hydrogen-bond donors (Lipinski definition) is 2. The molecule has 0 spiro atoms. The van der Waals surface area contributed by atoms with Crippen molar-refractivity contribution >= 4 is 18.3 Å². The number of benzene rings is 1. The second-order valence-electron chi connectivity index (χ2n) is 7.11. The van der Waals surface area contributed by atoms with E-state index in [9.17, 15) is 4.79 Å². The maximum absolute atomic E-state index is 12.7. The maximum atomic E-state index is 12.7. The van der Waals surface area contributed by atoms with E-state index in [4.69, 9.17) is 0 Å². The fraction of sp³-hybridized carbons (Fsp3) is 0.476. The molecule has 0 radical (unpaired) electrons. The van der Waals surface area contributed by atoms with Gasteiger partial charge in [0.05, 0.1) is 5.56 Å². The van der Waals surface area contributed by atoms with Crippen LogP contribution in [0.4, 0.5) is 0 Å². The summed E-state index contributed by atoms with van der Waals surface area (Å²) < 4.78 is 2.17. The summed E-state index contributed by atoms with van der Waals surface area (Å²) in [6.45, 7) is 12.3. The Balaban J connectivity index is 0.00000261. The van der Waals surface area contributed by atoms with Crippen molar-refractivity contribution in [1.82, 2.24) is 20.1 Å². The lowest BCUT2D eigenvalue weighted by Gasteiger charge is -2.27. The van der Waals surface area contributed by atoms with Gasteiger partial charge >= 0.3 is 0 Å². The van der Waals surface area contributed by atoms with E-state index in [2.05, 4.69) is 46.1 Å². The summed E-state index contributed by atoms with van der Waals surface area (Å²) in [5, 5.41) is 6.45. The number of rotatable bonds is 6. The van der Waals surface area contributed by atoms with Crippen molar-refractivity contribution in [2.24, 2.45) is 0 Å². The van der Waals surface area contributed by atoms with E-state index < -0.39 is 0 Å². The highest BCUT2D eigenvalue weighted by Crippen LogP contribution is 2.23. The van der Waals surface area contributed by atoms with Crippen molar-refractivity contribution in [3.05, 3.63) is 52.8 Å². The monoisotopic (exact) mass is 390 g/mol. The van der Waals surface area contributed by atoms with E-state index in [1.165, 1.54) is 5.56 Å². The van der Waals surface area contributed by atoms with Crippen LogP contribution in [0.3, 0.4) is 0 Å². The van der Waals surface area contributed by atoms with Crippen LogP contribution in [0, 0.1) is 20.8 Å². The van der Waals surface area contributed by atoms with Crippen LogP contribution in [0.2, 0.25) is 0 Å². The highest BCUT2D eigenvalue weighted by Gasteiger charge is 2.17. The standard InChI is InChI=1S/C21H30N4O.ClH/c1-16-7-4-5-8-20(16)25-17(2)15-19(18(25)3)21(26)23-9-6-12-24-13-10-22-11-14-24;/h4-5,7-8,15,22H,6,9-14H2,1-3H3,(H,23,26);1H. The van der Waals surface area contributed by atoms with Crippen molar-refractivity contribution in [2.45, 2.75) is 27.2 Å². The van der Waals surface area contributed by atoms with Gasteiger partial charge in [0.15, 0.2) is 0 Å². The van der Waals surface area contributed by atoms with Gasteiger partial charge in [-0.05, 0) is 51.4 Å². The number of carbonyl (C=O) groups excluding carboxylic acids is 1. The Hall–Kier alpha value is -1.82. The molecule has 1 aromatic carbocycles. The third-order valence-electron chi connectivity index (χ3n) is 5.18. The molecule has 0 atom stereocenters. The lowest BCUT2D eigenvalue weighted by atomic mass is 10.2. The quantitative estimate of drug-likeness (QED) is 0.745. The fourth-order valence-electron chi connectivity index (χ4n) is 3.71. The van der Waals surface area contributed by atoms with Gasteiger partial charge in [-0.3, -0.25) is 4.79 Å². The van der Waals surface area contributed by atoms with Crippen molar-refractivity contribution in [3.63, 3.8) is 0 Å². The second kappa shape index (κ2) is 9.93. The molecule has 0 saturated carbocycles. The molecule has 2 N–H and O–H groups in total. The van der Waals surface area contributed by atoms with Crippen LogP contribution in [-0.2, 0) is 0 Å². The molecule has 6 heteroatoms. The van der Waals surface area contributed by atoms with Gasteiger partial charge in [-0.1, -0.05) is 18.2 Å². The van der Waals surface area contributed by atoms with E-state index in [1.807, 2.05) is 25.1 Å². The molecule has 2 heterocycles. The van der Waals surface area contributed by atoms with Crippen LogP contribution in [-0.4, -0.2) is 54.6 Å². The summed E-state index contributed by atoms with van der Waals surface area (Å²) in [4.78, 5) is 15.1. The summed E-state index contributed by atoms with van der Waals surface area (Å²) in [6, 6.07) is 10.3. The van der Waals surface area contributed by atoms with E-state index >= 15 is 0 Å². The van der Waals surface area contributed by atoms with Gasteiger partial charge in [-0.2, -0.15) is 0 Å². The van der Waals surface area contributed by atoms with Crippen LogP contribution < -0.4 is 10.6 Å². The predicted molar refractivity (Wildman–Crippen MR) is 113 cm³/mol. The molecule has 1 saturated heterocycles. The average molecular weight is 391 g/mol. The summed E-state index contributed by atoms with van der Waals surface area (Å²) in [5.74, 6) is 0.0262. The molecule has 3 rings (SSSR count). The average Bonchev–Trinajstić information content (AvgIpc) is 2.94. The maximum Gasteiger partial charge on any atom is 0.253 e. The van der Waals surface area contributed by atoms with Crippen molar-refractivity contribution in [2.75, 3.05) is 39.3 Å². The Morgan fingerprint density at radius 3 is 2.56 bits per heavy atom. The van der Waals surface area contributed by atoms with Gasteiger partial charge in [0.1, 0.15) is 0 Å². The molecule has 2 aromatic rings. The lowest BCUT2D eigenvalue weighted by Crippen LogP contribution is -2.44. The van der Waals surface area contributed by atoms with Gasteiger partial charge in [-0.25, -0.2) is 0 Å². The Kier molecular flexibility index (Phi) is 7.90. The first-order valence-electron chi connectivity index (χ1n) is 9.54. The van der Waals surface area contributed by atoms with Gasteiger partial charge < -0.3 is 20.1 Å². The van der Waals surface area contributed by atoms with Gasteiger partial charge in [0, 0.05) is 49.8 Å². The highest BCUT2D eigenvalue weighted by molar-refractivity contribution is 5.95. The highest BCUT2D eigenvalue weighted by atomic mass is 35.5. The van der Waals surface area contributed by atoms with Gasteiger partial charge in [-0.15, -0.1) is 12.4 Å². The molecule has 0 bridgehead atoms. The molecular formula is C21H31ClN4O. The second-order valence-corrected chi connectivity index (χ2v) is 7.11. The number of amides is 1. The van der Waals surface area contributed by atoms with Crippen LogP contribution in [0.25, 0.3) is 5.69 Å². The molecule has 1 amide bonds. The van der Waals surface area contributed by atoms with E-state index in [0.717, 1.165) is 68.3 Å². The van der Waals surface area contributed by atoms with Crippen LogP contribution >= 0.6 is 12.4 Å². The first-order valence-corrected chi connectivity index (χ1v) is 9.54. The van der Waals surface area contributed by atoms with Crippen LogP contribution in [0.1, 0.15) is 33.7 Å². The predicted octanol–water partition coefficient (Wildman–Crippen LogP) is 2.85. The Morgan fingerprint density at radius 1 is 1.15 bits per heavy atom. The number of hydrogen-bond acceptors (Lipinski definition) is 3. The fourth-order valence-corrected chi connectivity index (χ4v) is 3.71. The molecule has 148 valence electrons. The first kappa shape index (κ1) is 21.5. The molecule has 0 unspecified atom stereocenters. The molecule has 5 nitrogen and oxygen atoms in total. The molecule has 1 aliphatic rings. The number of nitrogens with zero attached hydrogens (tertiary/aromatic N) is 2. The first-order chi connectivity index (χ1) is 12.6. The Labute approximate surface area is 168 Å². The van der Waals surface area contributed by atoms with Crippen LogP contribution in [0.15, 0.2) is 30.3 Å². The molecular weight excluding hydrogens is 360 g/mol. The lowest BCUT2D eigenvalue weighted by molar-refractivity contribution is 0.0950. The minimum atomic E-state index is 0. The van der Waals surface area contributed by atoms with E-state index in [0.29, 0.717) is 0 Å². The molecule has 1 aliphatic heterocycles. The topological polar surface area (TPSA) is 49.3 Å². The molecule has 1 fully saturated rings. The minimum Gasteiger partial charge on any atom is -0.352 e. The zero-order chi connectivity index (χ0) is 18.5. The summed E-state index contributed by atoms with van der Waals surface area (Å²) >= 11 is 0.